The van der Waals surface area contributed by atoms with Crippen LogP contribution in [0.1, 0.15) is 24.5 Å². The van der Waals surface area contributed by atoms with Crippen LogP contribution in [0.3, 0.4) is 0 Å². The third kappa shape index (κ3) is 3.60. The molecule has 2 atom stereocenters. The summed E-state index contributed by atoms with van der Waals surface area (Å²) in [5.41, 5.74) is 0.284. The molecule has 1 heterocycles. The fourth-order valence-electron chi connectivity index (χ4n) is 2.42. The normalized spacial score (nSPS) is 22.7. The molecule has 0 aliphatic carbocycles. The standard InChI is InChI=1S/C14H20FNO4S/c1-9-13(15)5-11(8-17)6-14(9)21(18,19)16-7-12-3-4-20-10(12)2/h5-6,10,12,16-17H,3-4,7-8H2,1-2H3. The number of nitrogens with one attached hydrogen (secondary N) is 1. The Morgan fingerprint density at radius 2 is 2.19 bits per heavy atom. The largest absolute Gasteiger partial charge is 0.392 e. The molecule has 1 aromatic rings. The smallest absolute Gasteiger partial charge is 0.240 e. The minimum absolute atomic E-state index is 0.00862. The number of ether oxygens (including phenoxy) is 1. The molecule has 21 heavy (non-hydrogen) atoms. The van der Waals surface area contributed by atoms with E-state index in [0.29, 0.717) is 6.61 Å². The molecular weight excluding hydrogens is 297 g/mol. The van der Waals surface area contributed by atoms with Crippen LogP contribution in [-0.2, 0) is 21.4 Å². The van der Waals surface area contributed by atoms with E-state index in [1.54, 1.807) is 0 Å². The number of hydrogen-bond acceptors (Lipinski definition) is 4. The van der Waals surface area contributed by atoms with Gasteiger partial charge in [-0.15, -0.1) is 0 Å². The number of hydrogen-bond donors (Lipinski definition) is 2. The average molecular weight is 317 g/mol. The molecule has 5 nitrogen and oxygen atoms in total. The molecule has 118 valence electrons. The first kappa shape index (κ1) is 16.4. The van der Waals surface area contributed by atoms with Crippen LogP contribution in [0.15, 0.2) is 17.0 Å². The lowest BCUT2D eigenvalue weighted by molar-refractivity contribution is 0.107. The molecule has 1 fully saturated rings. The van der Waals surface area contributed by atoms with Gasteiger partial charge in [0.05, 0.1) is 17.6 Å². The highest BCUT2D eigenvalue weighted by Gasteiger charge is 2.27. The van der Waals surface area contributed by atoms with E-state index in [4.69, 9.17) is 9.84 Å². The Balaban J connectivity index is 2.21. The van der Waals surface area contributed by atoms with Crippen LogP contribution in [0, 0.1) is 18.7 Å². The summed E-state index contributed by atoms with van der Waals surface area (Å²) >= 11 is 0. The summed E-state index contributed by atoms with van der Waals surface area (Å²) in [6.07, 6.45) is 0.808. The van der Waals surface area contributed by atoms with Crippen LogP contribution in [0.5, 0.6) is 0 Å². The lowest BCUT2D eigenvalue weighted by Gasteiger charge is -2.16. The Kier molecular flexibility index (Phi) is 4.98. The SMILES string of the molecule is Cc1c(F)cc(CO)cc1S(=O)(=O)NCC1CCOC1C. The van der Waals surface area contributed by atoms with Gasteiger partial charge in [-0.2, -0.15) is 0 Å². The zero-order valence-corrected chi connectivity index (χ0v) is 12.9. The van der Waals surface area contributed by atoms with Gasteiger partial charge in [-0.3, -0.25) is 0 Å². The maximum Gasteiger partial charge on any atom is 0.240 e. The maximum atomic E-state index is 13.7. The lowest BCUT2D eigenvalue weighted by atomic mass is 10.0. The topological polar surface area (TPSA) is 75.6 Å². The van der Waals surface area contributed by atoms with E-state index in [1.807, 2.05) is 6.92 Å². The molecule has 0 aromatic heterocycles. The fraction of sp³-hybridized carbons (Fsp3) is 0.571. The molecule has 1 aromatic carbocycles. The van der Waals surface area contributed by atoms with Crippen molar-refractivity contribution in [3.63, 3.8) is 0 Å². The van der Waals surface area contributed by atoms with Crippen molar-refractivity contribution in [2.75, 3.05) is 13.2 Å². The Hall–Kier alpha value is -1.02. The van der Waals surface area contributed by atoms with Gasteiger partial charge in [-0.1, -0.05) is 0 Å². The second-order valence-corrected chi connectivity index (χ2v) is 7.07. The van der Waals surface area contributed by atoms with Gasteiger partial charge in [0.25, 0.3) is 0 Å². The first-order valence-electron chi connectivity index (χ1n) is 6.86. The first-order chi connectivity index (χ1) is 9.85. The molecule has 7 heteroatoms. The van der Waals surface area contributed by atoms with E-state index in [0.717, 1.165) is 12.5 Å². The molecule has 0 saturated carbocycles. The van der Waals surface area contributed by atoms with Crippen molar-refractivity contribution in [1.82, 2.24) is 4.72 Å². The van der Waals surface area contributed by atoms with Crippen molar-refractivity contribution in [3.05, 3.63) is 29.1 Å². The van der Waals surface area contributed by atoms with Crippen molar-refractivity contribution >= 4 is 10.0 Å². The van der Waals surface area contributed by atoms with E-state index in [2.05, 4.69) is 4.72 Å². The van der Waals surface area contributed by atoms with E-state index < -0.39 is 22.4 Å². The highest BCUT2D eigenvalue weighted by molar-refractivity contribution is 7.89. The Morgan fingerprint density at radius 1 is 1.48 bits per heavy atom. The van der Waals surface area contributed by atoms with Gasteiger partial charge in [0.2, 0.25) is 10.0 Å². The van der Waals surface area contributed by atoms with Gasteiger partial charge < -0.3 is 9.84 Å². The van der Waals surface area contributed by atoms with Gasteiger partial charge in [-0.05, 0) is 38.0 Å². The van der Waals surface area contributed by atoms with Crippen molar-refractivity contribution in [2.24, 2.45) is 5.92 Å². The second-order valence-electron chi connectivity index (χ2n) is 5.34. The average Bonchev–Trinajstić information content (AvgIpc) is 2.84. The van der Waals surface area contributed by atoms with E-state index in [-0.39, 0.29) is 34.6 Å². The Morgan fingerprint density at radius 3 is 2.76 bits per heavy atom. The Bertz CT molecular complexity index is 618. The molecule has 2 rings (SSSR count). The van der Waals surface area contributed by atoms with Crippen LogP contribution >= 0.6 is 0 Å². The van der Waals surface area contributed by atoms with E-state index >= 15 is 0 Å². The first-order valence-corrected chi connectivity index (χ1v) is 8.34. The molecule has 0 spiro atoms. The zero-order chi connectivity index (χ0) is 15.6. The maximum absolute atomic E-state index is 13.7. The highest BCUT2D eigenvalue weighted by Crippen LogP contribution is 2.23. The van der Waals surface area contributed by atoms with Crippen molar-refractivity contribution < 1.29 is 22.7 Å². The number of halogens is 1. The van der Waals surface area contributed by atoms with Crippen molar-refractivity contribution in [1.29, 1.82) is 0 Å². The minimum atomic E-state index is -3.81. The monoisotopic (exact) mass is 317 g/mol. The van der Waals surface area contributed by atoms with Crippen LogP contribution in [0.2, 0.25) is 0 Å². The molecule has 0 bridgehead atoms. The third-order valence-corrected chi connectivity index (χ3v) is 5.45. The Labute approximate surface area is 124 Å². The van der Waals surface area contributed by atoms with Crippen LogP contribution in [0.25, 0.3) is 0 Å². The summed E-state index contributed by atoms with van der Waals surface area (Å²) in [6, 6.07) is 2.44. The van der Waals surface area contributed by atoms with Gasteiger partial charge in [-0.25, -0.2) is 17.5 Å². The molecule has 0 radical (unpaired) electrons. The van der Waals surface area contributed by atoms with E-state index in [9.17, 15) is 12.8 Å². The predicted molar refractivity (Wildman–Crippen MR) is 75.8 cm³/mol. The zero-order valence-electron chi connectivity index (χ0n) is 12.1. The molecular formula is C14H20FNO4S. The number of aliphatic hydroxyl groups excluding tert-OH is 1. The quantitative estimate of drug-likeness (QED) is 0.859. The van der Waals surface area contributed by atoms with E-state index in [1.165, 1.54) is 13.0 Å². The number of benzene rings is 1. The second kappa shape index (κ2) is 6.39. The van der Waals surface area contributed by atoms with Crippen LogP contribution in [-0.4, -0.2) is 32.8 Å². The lowest BCUT2D eigenvalue weighted by Crippen LogP contribution is -2.32. The summed E-state index contributed by atoms with van der Waals surface area (Å²) < 4.78 is 46.3. The molecule has 0 amide bonds. The molecule has 1 saturated heterocycles. The van der Waals surface area contributed by atoms with Gasteiger partial charge >= 0.3 is 0 Å². The fourth-order valence-corrected chi connectivity index (χ4v) is 3.81. The summed E-state index contributed by atoms with van der Waals surface area (Å²) in [5.74, 6) is -0.523. The predicted octanol–water partition coefficient (Wildman–Crippen LogP) is 1.33. The number of aliphatic hydroxyl groups is 1. The summed E-state index contributed by atoms with van der Waals surface area (Å²) in [5, 5.41) is 9.08. The molecule has 1 aliphatic rings. The number of sulfonamides is 1. The third-order valence-electron chi connectivity index (χ3n) is 3.90. The van der Waals surface area contributed by atoms with Crippen molar-refractivity contribution in [3.8, 4) is 0 Å². The van der Waals surface area contributed by atoms with Crippen molar-refractivity contribution in [2.45, 2.75) is 37.9 Å². The summed E-state index contributed by atoms with van der Waals surface area (Å²) in [6.45, 7) is 3.79. The molecule has 2 unspecified atom stereocenters. The van der Waals surface area contributed by atoms with Crippen LogP contribution < -0.4 is 4.72 Å². The van der Waals surface area contributed by atoms with Crippen LogP contribution in [0.4, 0.5) is 4.39 Å². The van der Waals surface area contributed by atoms with Gasteiger partial charge in [0, 0.05) is 24.6 Å². The van der Waals surface area contributed by atoms with Gasteiger partial charge in [0.15, 0.2) is 0 Å². The van der Waals surface area contributed by atoms with Gasteiger partial charge in [0.1, 0.15) is 5.82 Å². The highest BCUT2D eigenvalue weighted by atomic mass is 32.2. The minimum Gasteiger partial charge on any atom is -0.392 e. The summed E-state index contributed by atoms with van der Waals surface area (Å²) in [7, 11) is -3.81. The molecule has 2 N–H and O–H groups in total. The summed E-state index contributed by atoms with van der Waals surface area (Å²) in [4.78, 5) is -0.127. The number of rotatable bonds is 5. The molecule has 1 aliphatic heterocycles.